The molecule has 0 radical (unpaired) electrons. The van der Waals surface area contributed by atoms with Gasteiger partial charge in [-0.3, -0.25) is 0 Å². The Morgan fingerprint density at radius 2 is 1.96 bits per heavy atom. The van der Waals surface area contributed by atoms with Gasteiger partial charge < -0.3 is 15.4 Å². The predicted molar refractivity (Wildman–Crippen MR) is 103 cm³/mol. The zero-order valence-corrected chi connectivity index (χ0v) is 16.0. The highest BCUT2D eigenvalue weighted by Gasteiger charge is 2.33. The Morgan fingerprint density at radius 3 is 2.58 bits per heavy atom. The molecule has 1 atom stereocenters. The summed E-state index contributed by atoms with van der Waals surface area (Å²) in [6.07, 6.45) is 4.27. The maximum Gasteiger partial charge on any atom is 0.338 e. The molecule has 0 aliphatic carbocycles. The molecule has 140 valence electrons. The van der Waals surface area contributed by atoms with E-state index in [4.69, 9.17) is 4.74 Å². The normalized spacial score (nSPS) is 17.8. The van der Waals surface area contributed by atoms with E-state index < -0.39 is 6.04 Å². The molecule has 0 saturated heterocycles. The third kappa shape index (κ3) is 5.22. The fourth-order valence-corrected chi connectivity index (χ4v) is 2.92. The largest absolute Gasteiger partial charge is 0.459 e. The van der Waals surface area contributed by atoms with Crippen molar-refractivity contribution in [2.24, 2.45) is 0 Å². The molecule has 5 nitrogen and oxygen atoms in total. The van der Waals surface area contributed by atoms with Crippen LogP contribution in [0.5, 0.6) is 0 Å². The highest BCUT2D eigenvalue weighted by Crippen LogP contribution is 2.25. The van der Waals surface area contributed by atoms with Gasteiger partial charge in [-0.2, -0.15) is 0 Å². The van der Waals surface area contributed by atoms with Gasteiger partial charge in [0.05, 0.1) is 17.7 Å². The number of benzene rings is 1. The molecule has 1 aromatic rings. The van der Waals surface area contributed by atoms with Crippen molar-refractivity contribution in [1.82, 2.24) is 10.6 Å². The highest BCUT2D eigenvalue weighted by molar-refractivity contribution is 5.96. The van der Waals surface area contributed by atoms with E-state index in [-0.39, 0.29) is 18.1 Å². The molecule has 26 heavy (non-hydrogen) atoms. The average molecular weight is 356 g/mol. The number of carbonyl (C=O) groups is 2. The van der Waals surface area contributed by atoms with Crippen LogP contribution >= 0.6 is 0 Å². The number of amides is 2. The van der Waals surface area contributed by atoms with Crippen LogP contribution in [0.1, 0.15) is 52.5 Å². The predicted octanol–water partition coefficient (Wildman–Crippen LogP) is 4.17. The molecule has 2 N–H and O–H groups in total. The summed E-state index contributed by atoms with van der Waals surface area (Å²) in [6.45, 7) is 7.64. The van der Waals surface area contributed by atoms with Crippen molar-refractivity contribution in [3.8, 4) is 0 Å². The van der Waals surface area contributed by atoms with Gasteiger partial charge in [0, 0.05) is 5.70 Å². The Hall–Kier alpha value is -2.56. The molecule has 0 bridgehead atoms. The Balaban J connectivity index is 2.43. The van der Waals surface area contributed by atoms with Crippen LogP contribution in [0, 0.1) is 0 Å². The molecule has 2 rings (SSSR count). The van der Waals surface area contributed by atoms with E-state index in [9.17, 15) is 9.59 Å². The number of hydrogen-bond acceptors (Lipinski definition) is 3. The van der Waals surface area contributed by atoms with E-state index in [1.165, 1.54) is 0 Å². The summed E-state index contributed by atoms with van der Waals surface area (Å²) >= 11 is 0. The van der Waals surface area contributed by atoms with Crippen LogP contribution in [0.3, 0.4) is 0 Å². The third-order valence-electron chi connectivity index (χ3n) is 4.15. The Kier molecular flexibility index (Phi) is 7.01. The maximum atomic E-state index is 12.8. The minimum atomic E-state index is -0.498. The standard InChI is InChI=1S/C21H28N2O3/c1-5-6-12-17-18(20(24)26-14(2)3)19(23-21(25)22-17)15(4)13-16-10-8-7-9-11-16/h7-11,13-14,19H,5-6,12H2,1-4H3,(H2,22,23,25)/b15-13+. The number of allylic oxidation sites excluding steroid dienone is 1. The van der Waals surface area contributed by atoms with E-state index in [0.29, 0.717) is 17.7 Å². The topological polar surface area (TPSA) is 67.4 Å². The van der Waals surface area contributed by atoms with Crippen molar-refractivity contribution < 1.29 is 14.3 Å². The summed E-state index contributed by atoms with van der Waals surface area (Å²) in [5, 5.41) is 5.68. The lowest BCUT2D eigenvalue weighted by Gasteiger charge is -2.30. The van der Waals surface area contributed by atoms with Crippen LogP contribution < -0.4 is 10.6 Å². The SMILES string of the molecule is CCCCC1=C(C(=O)OC(C)C)C(/C(C)=C/c2ccccc2)NC(=O)N1. The molecule has 2 amide bonds. The lowest BCUT2D eigenvalue weighted by molar-refractivity contribution is -0.143. The minimum absolute atomic E-state index is 0.223. The summed E-state index contributed by atoms with van der Waals surface area (Å²) in [5.41, 5.74) is 3.06. The summed E-state index contributed by atoms with van der Waals surface area (Å²) in [7, 11) is 0. The van der Waals surface area contributed by atoms with Crippen molar-refractivity contribution >= 4 is 18.1 Å². The molecule has 1 aromatic carbocycles. The first-order chi connectivity index (χ1) is 12.4. The Labute approximate surface area is 155 Å². The monoisotopic (exact) mass is 356 g/mol. The van der Waals surface area contributed by atoms with Crippen LogP contribution in [-0.4, -0.2) is 24.1 Å². The van der Waals surface area contributed by atoms with Crippen LogP contribution in [0.25, 0.3) is 6.08 Å². The number of carbonyl (C=O) groups excluding carboxylic acids is 2. The van der Waals surface area contributed by atoms with E-state index in [0.717, 1.165) is 24.0 Å². The molecule has 0 aromatic heterocycles. The van der Waals surface area contributed by atoms with Crippen LogP contribution in [0.2, 0.25) is 0 Å². The van der Waals surface area contributed by atoms with Gasteiger partial charge in [0.2, 0.25) is 0 Å². The van der Waals surface area contributed by atoms with Crippen molar-refractivity contribution in [3.05, 3.63) is 52.7 Å². The number of urea groups is 1. The fraction of sp³-hybridized carbons (Fsp3) is 0.429. The second-order valence-electron chi connectivity index (χ2n) is 6.78. The van der Waals surface area contributed by atoms with Crippen LogP contribution in [0.15, 0.2) is 47.2 Å². The van der Waals surface area contributed by atoms with Gasteiger partial charge in [-0.1, -0.05) is 49.8 Å². The van der Waals surface area contributed by atoms with Crippen LogP contribution in [0.4, 0.5) is 4.79 Å². The molecule has 0 fully saturated rings. The van der Waals surface area contributed by atoms with Gasteiger partial charge in [-0.25, -0.2) is 9.59 Å². The third-order valence-corrected chi connectivity index (χ3v) is 4.15. The summed E-state index contributed by atoms with van der Waals surface area (Å²) < 4.78 is 5.45. The summed E-state index contributed by atoms with van der Waals surface area (Å²) in [5.74, 6) is -0.385. The molecular weight excluding hydrogens is 328 g/mol. The smallest absolute Gasteiger partial charge is 0.338 e. The number of unbranched alkanes of at least 4 members (excludes halogenated alkanes) is 1. The molecule has 5 heteroatoms. The zero-order valence-electron chi connectivity index (χ0n) is 16.0. The van der Waals surface area contributed by atoms with Gasteiger partial charge >= 0.3 is 12.0 Å². The van der Waals surface area contributed by atoms with Crippen molar-refractivity contribution in [2.45, 2.75) is 59.1 Å². The van der Waals surface area contributed by atoms with Gasteiger partial charge in [0.15, 0.2) is 0 Å². The van der Waals surface area contributed by atoms with E-state index in [1.807, 2.05) is 57.2 Å². The first-order valence-electron chi connectivity index (χ1n) is 9.17. The van der Waals surface area contributed by atoms with Crippen molar-refractivity contribution in [1.29, 1.82) is 0 Å². The van der Waals surface area contributed by atoms with Crippen molar-refractivity contribution in [2.75, 3.05) is 0 Å². The Morgan fingerprint density at radius 1 is 1.27 bits per heavy atom. The number of hydrogen-bond donors (Lipinski definition) is 2. The molecule has 1 aliphatic rings. The Bertz CT molecular complexity index is 705. The quantitative estimate of drug-likeness (QED) is 0.721. The minimum Gasteiger partial charge on any atom is -0.459 e. The molecule has 1 aliphatic heterocycles. The van der Waals surface area contributed by atoms with E-state index in [2.05, 4.69) is 17.6 Å². The molecule has 0 spiro atoms. The van der Waals surface area contributed by atoms with Gasteiger partial charge in [-0.15, -0.1) is 0 Å². The summed E-state index contributed by atoms with van der Waals surface area (Å²) in [4.78, 5) is 24.9. The number of rotatable bonds is 7. The van der Waals surface area contributed by atoms with E-state index >= 15 is 0 Å². The maximum absolute atomic E-state index is 12.8. The number of esters is 1. The summed E-state index contributed by atoms with van der Waals surface area (Å²) in [6, 6.07) is 9.05. The van der Waals surface area contributed by atoms with E-state index in [1.54, 1.807) is 0 Å². The average Bonchev–Trinajstić information content (AvgIpc) is 2.59. The van der Waals surface area contributed by atoms with Gasteiger partial charge in [0.25, 0.3) is 0 Å². The fourth-order valence-electron chi connectivity index (χ4n) is 2.92. The lowest BCUT2D eigenvalue weighted by Crippen LogP contribution is -2.51. The van der Waals surface area contributed by atoms with Gasteiger partial charge in [-0.05, 0) is 44.7 Å². The van der Waals surface area contributed by atoms with Gasteiger partial charge in [0.1, 0.15) is 0 Å². The zero-order chi connectivity index (χ0) is 19.1. The molecule has 1 unspecified atom stereocenters. The first kappa shape index (κ1) is 19.8. The van der Waals surface area contributed by atoms with Crippen LogP contribution in [-0.2, 0) is 9.53 Å². The number of ether oxygens (including phenoxy) is 1. The molecule has 0 saturated carbocycles. The second kappa shape index (κ2) is 9.22. The number of nitrogens with one attached hydrogen (secondary N) is 2. The molecule has 1 heterocycles. The second-order valence-corrected chi connectivity index (χ2v) is 6.78. The van der Waals surface area contributed by atoms with Crippen molar-refractivity contribution in [3.63, 3.8) is 0 Å². The first-order valence-corrected chi connectivity index (χ1v) is 9.17. The lowest BCUT2D eigenvalue weighted by atomic mass is 9.93. The highest BCUT2D eigenvalue weighted by atomic mass is 16.5. The molecular formula is C21H28N2O3.